The summed E-state index contributed by atoms with van der Waals surface area (Å²) < 4.78 is 2.31. The number of likely N-dealkylation sites (tertiary alicyclic amines) is 1. The van der Waals surface area contributed by atoms with Crippen LogP contribution in [0.5, 0.6) is 0 Å². The highest BCUT2D eigenvalue weighted by Gasteiger charge is 2.36. The van der Waals surface area contributed by atoms with Crippen molar-refractivity contribution in [2.75, 3.05) is 6.54 Å². The molecule has 144 valence electrons. The largest absolute Gasteiger partial charge is 0.328 e. The molecule has 1 saturated heterocycles. The third kappa shape index (κ3) is 3.12. The summed E-state index contributed by atoms with van der Waals surface area (Å²) in [5.74, 6) is 3.08. The fourth-order valence-electron chi connectivity index (χ4n) is 4.98. The number of aromatic nitrogens is 3. The summed E-state index contributed by atoms with van der Waals surface area (Å²) in [7, 11) is 0. The average Bonchev–Trinajstić information content (AvgIpc) is 3.35. The van der Waals surface area contributed by atoms with Gasteiger partial charge in [0.1, 0.15) is 5.82 Å². The standard InChI is InChI=1S/C21H28N4OS/c1-14-8-9-17-15(12-14)13-18(27-17)21(26)24-11-5-6-16(24)20-23-22-19-7-3-2-4-10-25(19)20/h13-14,16H,2-12H2,1H3/t14-,16+/m1/s1. The predicted octanol–water partition coefficient (Wildman–Crippen LogP) is 4.17. The maximum absolute atomic E-state index is 13.4. The van der Waals surface area contributed by atoms with Gasteiger partial charge in [0.2, 0.25) is 0 Å². The van der Waals surface area contributed by atoms with Gasteiger partial charge in [-0.3, -0.25) is 4.79 Å². The van der Waals surface area contributed by atoms with E-state index in [0.29, 0.717) is 0 Å². The van der Waals surface area contributed by atoms with E-state index in [4.69, 9.17) is 0 Å². The summed E-state index contributed by atoms with van der Waals surface area (Å²) in [6.45, 7) is 4.15. The maximum Gasteiger partial charge on any atom is 0.264 e. The molecule has 27 heavy (non-hydrogen) atoms. The van der Waals surface area contributed by atoms with Crippen molar-refractivity contribution in [3.63, 3.8) is 0 Å². The van der Waals surface area contributed by atoms with E-state index in [0.717, 1.165) is 67.6 Å². The van der Waals surface area contributed by atoms with Gasteiger partial charge < -0.3 is 9.47 Å². The van der Waals surface area contributed by atoms with Crippen molar-refractivity contribution >= 4 is 17.2 Å². The van der Waals surface area contributed by atoms with Gasteiger partial charge in [0, 0.05) is 24.4 Å². The molecule has 1 amide bonds. The summed E-state index contributed by atoms with van der Waals surface area (Å²) in [5.41, 5.74) is 1.41. The quantitative estimate of drug-likeness (QED) is 0.781. The summed E-state index contributed by atoms with van der Waals surface area (Å²) in [4.78, 5) is 17.8. The second kappa shape index (κ2) is 7.04. The zero-order valence-corrected chi connectivity index (χ0v) is 16.9. The van der Waals surface area contributed by atoms with Crippen molar-refractivity contribution in [3.8, 4) is 0 Å². The Hall–Kier alpha value is -1.69. The normalized spacial score (nSPS) is 25.1. The molecule has 0 bridgehead atoms. The lowest BCUT2D eigenvalue weighted by Gasteiger charge is -2.24. The van der Waals surface area contributed by atoms with Gasteiger partial charge in [-0.15, -0.1) is 21.5 Å². The monoisotopic (exact) mass is 384 g/mol. The molecule has 0 aromatic carbocycles. The molecule has 1 aliphatic carbocycles. The third-order valence-corrected chi connectivity index (χ3v) is 7.71. The van der Waals surface area contributed by atoms with Gasteiger partial charge in [-0.25, -0.2) is 0 Å². The van der Waals surface area contributed by atoms with Gasteiger partial charge >= 0.3 is 0 Å². The van der Waals surface area contributed by atoms with Gasteiger partial charge in [-0.1, -0.05) is 13.3 Å². The first-order valence-electron chi connectivity index (χ1n) is 10.5. The number of carbonyl (C=O) groups excluding carboxylic acids is 1. The van der Waals surface area contributed by atoms with Crippen LogP contribution in [0.1, 0.15) is 83.3 Å². The Bertz CT molecular complexity index is 854. The van der Waals surface area contributed by atoms with Crippen molar-refractivity contribution in [1.82, 2.24) is 19.7 Å². The molecular weight excluding hydrogens is 356 g/mol. The first-order chi connectivity index (χ1) is 13.2. The Balaban J connectivity index is 1.42. The summed E-state index contributed by atoms with van der Waals surface area (Å²) in [6.07, 6.45) is 10.2. The zero-order chi connectivity index (χ0) is 18.4. The minimum Gasteiger partial charge on any atom is -0.328 e. The van der Waals surface area contributed by atoms with Gasteiger partial charge in [0.15, 0.2) is 5.82 Å². The Labute approximate surface area is 164 Å². The Morgan fingerprint density at radius 2 is 2.04 bits per heavy atom. The summed E-state index contributed by atoms with van der Waals surface area (Å²) >= 11 is 1.73. The molecule has 5 rings (SSSR count). The van der Waals surface area contributed by atoms with Crippen molar-refractivity contribution in [3.05, 3.63) is 33.0 Å². The van der Waals surface area contributed by atoms with E-state index in [1.165, 1.54) is 36.1 Å². The molecule has 3 aliphatic rings. The molecule has 0 spiro atoms. The third-order valence-electron chi connectivity index (χ3n) is 6.49. The van der Waals surface area contributed by atoms with Crippen LogP contribution < -0.4 is 0 Å². The van der Waals surface area contributed by atoms with Crippen LogP contribution in [0.2, 0.25) is 0 Å². The second-order valence-electron chi connectivity index (χ2n) is 8.50. The van der Waals surface area contributed by atoms with Crippen LogP contribution in [-0.2, 0) is 25.8 Å². The number of hydrogen-bond donors (Lipinski definition) is 0. The number of hydrogen-bond acceptors (Lipinski definition) is 4. The van der Waals surface area contributed by atoms with Crippen LogP contribution in [0.15, 0.2) is 6.07 Å². The number of rotatable bonds is 2. The predicted molar refractivity (Wildman–Crippen MR) is 106 cm³/mol. The van der Waals surface area contributed by atoms with Crippen molar-refractivity contribution in [1.29, 1.82) is 0 Å². The van der Waals surface area contributed by atoms with Crippen LogP contribution in [-0.4, -0.2) is 32.1 Å². The molecule has 0 N–H and O–H groups in total. The number of thiophene rings is 1. The molecule has 4 heterocycles. The lowest BCUT2D eigenvalue weighted by atomic mass is 9.90. The zero-order valence-electron chi connectivity index (χ0n) is 16.1. The van der Waals surface area contributed by atoms with E-state index in [1.54, 1.807) is 11.3 Å². The van der Waals surface area contributed by atoms with Gasteiger partial charge in [-0.2, -0.15) is 0 Å². The van der Waals surface area contributed by atoms with Gasteiger partial charge in [0.25, 0.3) is 5.91 Å². The summed E-state index contributed by atoms with van der Waals surface area (Å²) in [5, 5.41) is 9.01. The molecule has 0 unspecified atom stereocenters. The first kappa shape index (κ1) is 17.4. The lowest BCUT2D eigenvalue weighted by molar-refractivity contribution is 0.0732. The lowest BCUT2D eigenvalue weighted by Crippen LogP contribution is -2.31. The highest BCUT2D eigenvalue weighted by Crippen LogP contribution is 2.37. The van der Waals surface area contributed by atoms with Gasteiger partial charge in [0.05, 0.1) is 10.9 Å². The maximum atomic E-state index is 13.4. The number of carbonyl (C=O) groups is 1. The Morgan fingerprint density at radius 3 is 2.96 bits per heavy atom. The van der Waals surface area contributed by atoms with Crippen molar-refractivity contribution < 1.29 is 4.79 Å². The molecule has 0 radical (unpaired) electrons. The molecule has 2 aliphatic heterocycles. The Kier molecular flexibility index (Phi) is 4.54. The summed E-state index contributed by atoms with van der Waals surface area (Å²) in [6, 6.07) is 2.27. The SMILES string of the molecule is C[C@@H]1CCc2sc(C(=O)N3CCC[C@H]3c3nnc4n3CCCCC4)cc2C1. The van der Waals surface area contributed by atoms with Crippen molar-refractivity contribution in [2.45, 2.75) is 77.3 Å². The highest BCUT2D eigenvalue weighted by atomic mass is 32.1. The van der Waals surface area contributed by atoms with Crippen LogP contribution in [0.4, 0.5) is 0 Å². The molecule has 2 aromatic heterocycles. The molecule has 2 aromatic rings. The van der Waals surface area contributed by atoms with E-state index in [2.05, 4.69) is 32.7 Å². The number of nitrogens with zero attached hydrogens (tertiary/aromatic N) is 4. The average molecular weight is 385 g/mol. The van der Waals surface area contributed by atoms with E-state index < -0.39 is 0 Å². The van der Waals surface area contributed by atoms with E-state index in [1.807, 2.05) is 0 Å². The van der Waals surface area contributed by atoms with Crippen molar-refractivity contribution in [2.24, 2.45) is 5.92 Å². The molecular formula is C21H28N4OS. The highest BCUT2D eigenvalue weighted by molar-refractivity contribution is 7.14. The molecule has 0 saturated carbocycles. The smallest absolute Gasteiger partial charge is 0.264 e. The molecule has 2 atom stereocenters. The second-order valence-corrected chi connectivity index (χ2v) is 9.64. The van der Waals surface area contributed by atoms with Crippen LogP contribution in [0, 0.1) is 5.92 Å². The van der Waals surface area contributed by atoms with Crippen LogP contribution in [0.25, 0.3) is 0 Å². The fourth-order valence-corrected chi connectivity index (χ4v) is 6.15. The first-order valence-corrected chi connectivity index (χ1v) is 11.4. The molecule has 1 fully saturated rings. The fraction of sp³-hybridized carbons (Fsp3) is 0.667. The van der Waals surface area contributed by atoms with E-state index in [-0.39, 0.29) is 11.9 Å². The number of fused-ring (bicyclic) bond motifs is 2. The number of aryl methyl sites for hydroxylation is 2. The minimum absolute atomic E-state index is 0.0925. The van der Waals surface area contributed by atoms with E-state index >= 15 is 0 Å². The topological polar surface area (TPSA) is 51.0 Å². The minimum atomic E-state index is 0.0925. The Morgan fingerprint density at radius 1 is 1.11 bits per heavy atom. The van der Waals surface area contributed by atoms with E-state index in [9.17, 15) is 4.79 Å². The molecule has 5 nitrogen and oxygen atoms in total. The van der Waals surface area contributed by atoms with Crippen LogP contribution in [0.3, 0.4) is 0 Å². The van der Waals surface area contributed by atoms with Crippen LogP contribution >= 0.6 is 11.3 Å². The molecule has 6 heteroatoms. The van der Waals surface area contributed by atoms with Gasteiger partial charge in [-0.05, 0) is 62.5 Å². The number of amides is 1.